The molecule has 4 aromatic rings. The Kier molecular flexibility index (Phi) is 7.29. The van der Waals surface area contributed by atoms with E-state index in [-0.39, 0.29) is 5.91 Å². The molecule has 0 aliphatic carbocycles. The maximum Gasteiger partial charge on any atom is 0.256 e. The first-order valence-electron chi connectivity index (χ1n) is 9.73. The van der Waals surface area contributed by atoms with Crippen molar-refractivity contribution < 1.29 is 9.53 Å². The average molecular weight is 576 g/mol. The summed E-state index contributed by atoms with van der Waals surface area (Å²) in [6, 6.07) is 22.5. The van der Waals surface area contributed by atoms with E-state index in [9.17, 15) is 4.79 Å². The molecule has 32 heavy (non-hydrogen) atoms. The van der Waals surface area contributed by atoms with E-state index >= 15 is 0 Å². The van der Waals surface area contributed by atoms with Crippen LogP contribution in [0.25, 0.3) is 0 Å². The largest absolute Gasteiger partial charge is 0.488 e. The number of hydrogen-bond acceptors (Lipinski definition) is 3. The summed E-state index contributed by atoms with van der Waals surface area (Å²) >= 11 is 13.2. The molecule has 0 fully saturated rings. The van der Waals surface area contributed by atoms with Gasteiger partial charge in [-0.2, -0.15) is 5.10 Å². The Balaban J connectivity index is 1.43. The normalized spacial score (nSPS) is 10.7. The number of ether oxygens (including phenoxy) is 1. The summed E-state index contributed by atoms with van der Waals surface area (Å²) < 4.78 is 9.14. The molecule has 1 aromatic heterocycles. The molecule has 0 unspecified atom stereocenters. The number of benzene rings is 3. The Morgan fingerprint density at radius 2 is 1.78 bits per heavy atom. The molecule has 0 bridgehead atoms. The minimum atomic E-state index is -0.253. The molecule has 0 aliphatic rings. The predicted octanol–water partition coefficient (Wildman–Crippen LogP) is 6.94. The highest BCUT2D eigenvalue weighted by Gasteiger charge is 2.13. The average Bonchev–Trinajstić information content (AvgIpc) is 3.13. The minimum absolute atomic E-state index is 0.253. The van der Waals surface area contributed by atoms with Gasteiger partial charge in [0.15, 0.2) is 5.82 Å². The Morgan fingerprint density at radius 1 is 1.00 bits per heavy atom. The van der Waals surface area contributed by atoms with Crippen molar-refractivity contribution in [2.24, 2.45) is 0 Å². The number of carbonyl (C=O) groups is 1. The van der Waals surface area contributed by atoms with Gasteiger partial charge in [-0.1, -0.05) is 54.1 Å². The van der Waals surface area contributed by atoms with E-state index in [0.717, 1.165) is 21.3 Å². The molecule has 0 aliphatic heterocycles. The molecule has 0 saturated carbocycles. The van der Waals surface area contributed by atoms with Crippen LogP contribution in [-0.4, -0.2) is 15.7 Å². The third kappa shape index (κ3) is 5.59. The number of aromatic nitrogens is 2. The quantitative estimate of drug-likeness (QED) is 0.260. The number of nitrogens with zero attached hydrogens (tertiary/aromatic N) is 2. The van der Waals surface area contributed by atoms with E-state index in [2.05, 4.69) is 42.3 Å². The SMILES string of the molecule is O=C(Nc1nn(Cc2ccccc2Cl)cc1Br)c1cccc(COc2ccccc2Br)c1. The van der Waals surface area contributed by atoms with Crippen LogP contribution in [0.5, 0.6) is 5.75 Å². The summed E-state index contributed by atoms with van der Waals surface area (Å²) in [5.41, 5.74) is 2.35. The van der Waals surface area contributed by atoms with Gasteiger partial charge in [0.1, 0.15) is 12.4 Å². The van der Waals surface area contributed by atoms with Crippen LogP contribution in [0.2, 0.25) is 5.02 Å². The van der Waals surface area contributed by atoms with E-state index in [1.165, 1.54) is 0 Å². The van der Waals surface area contributed by atoms with Crippen LogP contribution in [0, 0.1) is 0 Å². The molecular weight excluding hydrogens is 558 g/mol. The van der Waals surface area contributed by atoms with Gasteiger partial charge in [-0.3, -0.25) is 9.48 Å². The molecule has 0 saturated heterocycles. The second-order valence-corrected chi connectivity index (χ2v) is 9.10. The number of rotatable bonds is 7. The van der Waals surface area contributed by atoms with Gasteiger partial charge in [-0.15, -0.1) is 0 Å². The third-order valence-corrected chi connectivity index (χ3v) is 6.26. The number of halogens is 3. The first kappa shape index (κ1) is 22.6. The zero-order chi connectivity index (χ0) is 22.5. The number of hydrogen-bond donors (Lipinski definition) is 1. The first-order chi connectivity index (χ1) is 15.5. The van der Waals surface area contributed by atoms with Crippen molar-refractivity contribution in [1.82, 2.24) is 9.78 Å². The lowest BCUT2D eigenvalue weighted by atomic mass is 10.1. The zero-order valence-electron chi connectivity index (χ0n) is 16.8. The number of nitrogens with one attached hydrogen (secondary N) is 1. The van der Waals surface area contributed by atoms with E-state index in [4.69, 9.17) is 16.3 Å². The van der Waals surface area contributed by atoms with Crippen LogP contribution < -0.4 is 10.1 Å². The van der Waals surface area contributed by atoms with E-state index in [0.29, 0.717) is 34.0 Å². The Bertz CT molecular complexity index is 1260. The van der Waals surface area contributed by atoms with Crippen molar-refractivity contribution in [2.75, 3.05) is 5.32 Å². The molecule has 5 nitrogen and oxygen atoms in total. The highest BCUT2D eigenvalue weighted by atomic mass is 79.9. The zero-order valence-corrected chi connectivity index (χ0v) is 20.7. The molecule has 4 rings (SSSR count). The van der Waals surface area contributed by atoms with Gasteiger partial charge in [0, 0.05) is 16.8 Å². The van der Waals surface area contributed by atoms with Crippen LogP contribution in [0.3, 0.4) is 0 Å². The van der Waals surface area contributed by atoms with Gasteiger partial charge >= 0.3 is 0 Å². The monoisotopic (exact) mass is 573 g/mol. The van der Waals surface area contributed by atoms with Crippen molar-refractivity contribution >= 4 is 55.2 Å². The summed E-state index contributed by atoms with van der Waals surface area (Å²) in [5.74, 6) is 0.934. The van der Waals surface area contributed by atoms with Crippen molar-refractivity contribution in [2.45, 2.75) is 13.2 Å². The standard InChI is InChI=1S/C24H18Br2ClN3O2/c25-19-9-2-4-11-22(19)32-15-16-6-5-8-17(12-16)24(31)28-23-20(26)14-30(29-23)13-18-7-1-3-10-21(18)27/h1-12,14H,13,15H2,(H,28,29,31). The second kappa shape index (κ2) is 10.3. The molecule has 162 valence electrons. The topological polar surface area (TPSA) is 56.2 Å². The Hall–Kier alpha value is -2.61. The fourth-order valence-electron chi connectivity index (χ4n) is 3.07. The molecule has 1 N–H and O–H groups in total. The van der Waals surface area contributed by atoms with Crippen LogP contribution in [0.1, 0.15) is 21.5 Å². The lowest BCUT2D eigenvalue weighted by Crippen LogP contribution is -2.13. The van der Waals surface area contributed by atoms with E-state index in [1.54, 1.807) is 23.0 Å². The summed E-state index contributed by atoms with van der Waals surface area (Å²) in [7, 11) is 0. The number of carbonyl (C=O) groups excluding carboxylic acids is 1. The van der Waals surface area contributed by atoms with Crippen LogP contribution in [0.4, 0.5) is 5.82 Å². The summed E-state index contributed by atoms with van der Waals surface area (Å²) in [6.07, 6.45) is 1.81. The highest BCUT2D eigenvalue weighted by molar-refractivity contribution is 9.11. The van der Waals surface area contributed by atoms with Gasteiger partial charge in [0.05, 0.1) is 15.5 Å². The van der Waals surface area contributed by atoms with Crippen LogP contribution >= 0.6 is 43.5 Å². The summed E-state index contributed by atoms with van der Waals surface area (Å²) in [6.45, 7) is 0.843. The molecule has 1 heterocycles. The minimum Gasteiger partial charge on any atom is -0.488 e. The third-order valence-electron chi connectivity index (χ3n) is 4.66. The van der Waals surface area contributed by atoms with E-state index in [1.807, 2.05) is 60.7 Å². The van der Waals surface area contributed by atoms with E-state index < -0.39 is 0 Å². The fraction of sp³-hybridized carbons (Fsp3) is 0.0833. The lowest BCUT2D eigenvalue weighted by Gasteiger charge is -2.09. The second-order valence-electron chi connectivity index (χ2n) is 6.99. The molecule has 0 atom stereocenters. The summed E-state index contributed by atoms with van der Waals surface area (Å²) in [4.78, 5) is 12.8. The van der Waals surface area contributed by atoms with Gasteiger partial charge in [0.2, 0.25) is 0 Å². The van der Waals surface area contributed by atoms with Crippen LogP contribution in [0.15, 0.2) is 87.9 Å². The van der Waals surface area contributed by atoms with Gasteiger partial charge in [-0.25, -0.2) is 0 Å². The lowest BCUT2D eigenvalue weighted by molar-refractivity contribution is 0.102. The van der Waals surface area contributed by atoms with Gasteiger partial charge in [0.25, 0.3) is 5.91 Å². The van der Waals surface area contributed by atoms with Crippen molar-refractivity contribution in [3.63, 3.8) is 0 Å². The maximum atomic E-state index is 12.8. The van der Waals surface area contributed by atoms with Crippen molar-refractivity contribution in [3.05, 3.63) is 110 Å². The molecule has 8 heteroatoms. The molecule has 1 amide bonds. The first-order valence-corrected chi connectivity index (χ1v) is 11.7. The molecule has 3 aromatic carbocycles. The Morgan fingerprint density at radius 3 is 2.59 bits per heavy atom. The maximum absolute atomic E-state index is 12.8. The number of anilines is 1. The highest BCUT2D eigenvalue weighted by Crippen LogP contribution is 2.25. The summed E-state index contributed by atoms with van der Waals surface area (Å²) in [5, 5.41) is 8.00. The number of amides is 1. The number of para-hydroxylation sites is 1. The van der Waals surface area contributed by atoms with Gasteiger partial charge in [-0.05, 0) is 73.3 Å². The molecular formula is C24H18Br2ClN3O2. The molecule has 0 spiro atoms. The predicted molar refractivity (Wildman–Crippen MR) is 133 cm³/mol. The Labute approximate surface area is 207 Å². The van der Waals surface area contributed by atoms with Gasteiger partial charge < -0.3 is 10.1 Å². The molecule has 0 radical (unpaired) electrons. The smallest absolute Gasteiger partial charge is 0.256 e. The van der Waals surface area contributed by atoms with Crippen molar-refractivity contribution in [1.29, 1.82) is 0 Å². The fourth-order valence-corrected chi connectivity index (χ4v) is 4.08. The van der Waals surface area contributed by atoms with Crippen molar-refractivity contribution in [3.8, 4) is 5.75 Å². The van der Waals surface area contributed by atoms with Crippen LogP contribution in [-0.2, 0) is 13.2 Å².